The Labute approximate surface area is 244 Å². The van der Waals surface area contributed by atoms with E-state index in [2.05, 4.69) is 26.2 Å². The zero-order valence-electron chi connectivity index (χ0n) is 23.5. The first kappa shape index (κ1) is 30.6. The number of ether oxygens (including phenoxy) is 2. The van der Waals surface area contributed by atoms with Gasteiger partial charge in [0.1, 0.15) is 0 Å². The number of tetrazole rings is 1. The quantitative estimate of drug-likeness (QED) is 0.193. The highest BCUT2D eigenvalue weighted by molar-refractivity contribution is 7.99. The van der Waals surface area contributed by atoms with Crippen molar-refractivity contribution in [3.05, 3.63) is 70.8 Å². The summed E-state index contributed by atoms with van der Waals surface area (Å²) < 4.78 is 14.4. The molecule has 1 aromatic heterocycles. The third kappa shape index (κ3) is 9.63. The molecule has 2 aromatic carbocycles. The molecule has 0 spiro atoms. The summed E-state index contributed by atoms with van der Waals surface area (Å²) in [6.07, 6.45) is 2.85. The lowest BCUT2D eigenvalue weighted by atomic mass is 10.0. The summed E-state index contributed by atoms with van der Waals surface area (Å²) in [5, 5.41) is 27.5. The van der Waals surface area contributed by atoms with Gasteiger partial charge in [-0.25, -0.2) is 4.68 Å². The van der Waals surface area contributed by atoms with E-state index >= 15 is 0 Å². The molecule has 1 aliphatic heterocycles. The molecule has 3 unspecified atom stereocenters. The van der Waals surface area contributed by atoms with E-state index in [4.69, 9.17) is 9.47 Å². The van der Waals surface area contributed by atoms with Crippen LogP contribution in [0.15, 0.2) is 53.7 Å². The number of carbonyl (C=O) groups excluding carboxylic acids is 2. The number of aryl methyl sites for hydroxylation is 1. The molecular weight excluding hydrogens is 544 g/mol. The van der Waals surface area contributed by atoms with Gasteiger partial charge in [-0.1, -0.05) is 66.7 Å². The van der Waals surface area contributed by atoms with Gasteiger partial charge in [0.25, 0.3) is 0 Å². The topological polar surface area (TPSA) is 140 Å². The van der Waals surface area contributed by atoms with Crippen LogP contribution in [0.5, 0.6) is 0 Å². The van der Waals surface area contributed by atoms with Crippen LogP contribution < -0.4 is 10.6 Å². The molecule has 4 rings (SSSR count). The minimum Gasteiger partial charge on any atom is -0.392 e. The maximum atomic E-state index is 12.2. The summed E-state index contributed by atoms with van der Waals surface area (Å²) in [6.45, 7) is 2.59. The summed E-state index contributed by atoms with van der Waals surface area (Å²) in [6, 6.07) is 15.7. The molecular formula is C29H38N6O5S. The van der Waals surface area contributed by atoms with Crippen LogP contribution in [-0.2, 0) is 39.3 Å². The minimum absolute atomic E-state index is 0.00468. The Morgan fingerprint density at radius 2 is 1.73 bits per heavy atom. The summed E-state index contributed by atoms with van der Waals surface area (Å²) in [5.74, 6) is 0.649. The number of aliphatic hydroxyl groups is 1. The van der Waals surface area contributed by atoms with E-state index < -0.39 is 6.29 Å². The second-order valence-corrected chi connectivity index (χ2v) is 11.0. The Balaban J connectivity index is 1.32. The molecule has 0 bridgehead atoms. The first-order chi connectivity index (χ1) is 19.9. The van der Waals surface area contributed by atoms with E-state index in [1.54, 1.807) is 4.68 Å². The van der Waals surface area contributed by atoms with Crippen LogP contribution in [0, 0.1) is 0 Å². The zero-order valence-corrected chi connectivity index (χ0v) is 24.3. The zero-order chi connectivity index (χ0) is 29.0. The van der Waals surface area contributed by atoms with Crippen LogP contribution in [-0.4, -0.2) is 55.5 Å². The van der Waals surface area contributed by atoms with E-state index in [0.29, 0.717) is 31.7 Å². The Bertz CT molecular complexity index is 1250. The number of aliphatic hydroxyl groups excluding tert-OH is 1. The van der Waals surface area contributed by atoms with Gasteiger partial charge < -0.3 is 25.2 Å². The average molecular weight is 583 g/mol. The average Bonchev–Trinajstić information content (AvgIpc) is 3.41. The van der Waals surface area contributed by atoms with Gasteiger partial charge >= 0.3 is 0 Å². The van der Waals surface area contributed by atoms with E-state index in [-0.39, 0.29) is 30.6 Å². The predicted octanol–water partition coefficient (Wildman–Crippen LogP) is 3.35. The smallest absolute Gasteiger partial charge is 0.220 e. The molecule has 3 N–H and O–H groups in total. The van der Waals surface area contributed by atoms with Crippen molar-refractivity contribution >= 4 is 23.6 Å². The molecule has 1 saturated heterocycles. The molecule has 0 radical (unpaired) electrons. The van der Waals surface area contributed by atoms with Gasteiger partial charge in [0.2, 0.25) is 17.0 Å². The van der Waals surface area contributed by atoms with Gasteiger partial charge in [-0.3, -0.25) is 9.59 Å². The van der Waals surface area contributed by atoms with Crippen molar-refractivity contribution in [2.24, 2.45) is 7.05 Å². The van der Waals surface area contributed by atoms with Gasteiger partial charge in [0, 0.05) is 51.2 Å². The first-order valence-electron chi connectivity index (χ1n) is 13.9. The summed E-state index contributed by atoms with van der Waals surface area (Å²) in [7, 11) is 1.81. The second kappa shape index (κ2) is 15.6. The van der Waals surface area contributed by atoms with Crippen LogP contribution in [0.3, 0.4) is 0 Å². The number of benzene rings is 2. The molecule has 1 aliphatic rings. The van der Waals surface area contributed by atoms with E-state index in [1.165, 1.54) is 18.7 Å². The lowest BCUT2D eigenvalue weighted by Crippen LogP contribution is -2.31. The van der Waals surface area contributed by atoms with E-state index in [1.807, 2.05) is 55.6 Å². The number of nitrogens with zero attached hydrogens (tertiary/aromatic N) is 4. The van der Waals surface area contributed by atoms with Crippen LogP contribution in [0.25, 0.3) is 0 Å². The molecule has 0 aliphatic carbocycles. The largest absolute Gasteiger partial charge is 0.392 e. The van der Waals surface area contributed by atoms with Crippen molar-refractivity contribution in [1.82, 2.24) is 30.8 Å². The highest BCUT2D eigenvalue weighted by atomic mass is 32.2. The minimum atomic E-state index is -0.560. The normalized spacial score (nSPS) is 18.7. The maximum Gasteiger partial charge on any atom is 0.220 e. The fraction of sp³-hybridized carbons (Fsp3) is 0.483. The summed E-state index contributed by atoms with van der Waals surface area (Å²) >= 11 is 1.54. The highest BCUT2D eigenvalue weighted by Gasteiger charge is 2.32. The number of rotatable bonds is 14. The Kier molecular flexibility index (Phi) is 11.7. The van der Waals surface area contributed by atoms with Crippen LogP contribution in [0.1, 0.15) is 73.7 Å². The standard InChI is InChI=1S/C29H38N6O5S/c1-20(37)30-15-5-3-4-6-27(38)31-17-21-7-13-24(14-8-21)28-39-25(19-41-29-32-33-34-35(29)2)16-26(40-28)23-11-9-22(18-36)10-12-23/h7-14,25-26,28,36H,3-6,15-19H2,1-2H3,(H,30,37)(H,31,38). The third-order valence-electron chi connectivity index (χ3n) is 6.79. The number of hydrogen-bond acceptors (Lipinski definition) is 9. The lowest BCUT2D eigenvalue weighted by molar-refractivity contribution is -0.245. The Morgan fingerprint density at radius 3 is 2.41 bits per heavy atom. The number of amides is 2. The fourth-order valence-corrected chi connectivity index (χ4v) is 5.33. The highest BCUT2D eigenvalue weighted by Crippen LogP contribution is 2.39. The number of thioether (sulfide) groups is 1. The molecule has 3 aromatic rings. The van der Waals surface area contributed by atoms with E-state index in [0.717, 1.165) is 46.7 Å². The van der Waals surface area contributed by atoms with Gasteiger partial charge in [-0.2, -0.15) is 0 Å². The SMILES string of the molecule is CC(=O)NCCCCCC(=O)NCc1ccc(C2OC(CSc3nnnn3C)CC(c3ccc(CO)cc3)O2)cc1. The monoisotopic (exact) mass is 582 g/mol. The molecule has 41 heavy (non-hydrogen) atoms. The first-order valence-corrected chi connectivity index (χ1v) is 14.9. The molecule has 220 valence electrons. The predicted molar refractivity (Wildman–Crippen MR) is 153 cm³/mol. The van der Waals surface area contributed by atoms with Gasteiger partial charge in [0.05, 0.1) is 18.8 Å². The Hall–Kier alpha value is -3.32. The van der Waals surface area contributed by atoms with E-state index in [9.17, 15) is 14.7 Å². The van der Waals surface area contributed by atoms with Gasteiger partial charge in [-0.05, 0) is 40.0 Å². The number of hydrogen-bond donors (Lipinski definition) is 3. The Morgan fingerprint density at radius 1 is 1.00 bits per heavy atom. The molecule has 2 heterocycles. The van der Waals surface area contributed by atoms with Gasteiger partial charge in [-0.15, -0.1) is 5.10 Å². The molecule has 12 heteroatoms. The van der Waals surface area contributed by atoms with Gasteiger partial charge in [0.15, 0.2) is 6.29 Å². The lowest BCUT2D eigenvalue weighted by Gasteiger charge is -2.36. The van der Waals surface area contributed by atoms with Crippen molar-refractivity contribution in [2.45, 2.75) is 75.8 Å². The van der Waals surface area contributed by atoms with Crippen LogP contribution >= 0.6 is 11.8 Å². The molecule has 0 saturated carbocycles. The van der Waals surface area contributed by atoms with Crippen molar-refractivity contribution in [3.8, 4) is 0 Å². The number of aromatic nitrogens is 4. The summed E-state index contributed by atoms with van der Waals surface area (Å²) in [4.78, 5) is 23.1. The second-order valence-electron chi connectivity index (χ2n) is 10.1. The number of unbranched alkanes of at least 4 members (excludes halogenated alkanes) is 2. The number of carbonyl (C=O) groups is 2. The van der Waals surface area contributed by atoms with Crippen molar-refractivity contribution < 1.29 is 24.2 Å². The number of nitrogens with one attached hydrogen (secondary N) is 2. The van der Waals surface area contributed by atoms with Crippen molar-refractivity contribution in [3.63, 3.8) is 0 Å². The van der Waals surface area contributed by atoms with Crippen LogP contribution in [0.2, 0.25) is 0 Å². The molecule has 11 nitrogen and oxygen atoms in total. The van der Waals surface area contributed by atoms with Crippen molar-refractivity contribution in [2.75, 3.05) is 12.3 Å². The fourth-order valence-electron chi connectivity index (χ4n) is 4.47. The third-order valence-corrected chi connectivity index (χ3v) is 7.93. The summed E-state index contributed by atoms with van der Waals surface area (Å²) in [5.41, 5.74) is 3.76. The molecule has 2 amide bonds. The molecule has 1 fully saturated rings. The van der Waals surface area contributed by atoms with Crippen molar-refractivity contribution in [1.29, 1.82) is 0 Å². The molecule has 3 atom stereocenters. The van der Waals surface area contributed by atoms with Crippen LogP contribution in [0.4, 0.5) is 0 Å². The maximum absolute atomic E-state index is 12.2.